The zero-order chi connectivity index (χ0) is 9.97. The van der Waals surface area contributed by atoms with Crippen LogP contribution in [0.2, 0.25) is 0 Å². The van der Waals surface area contributed by atoms with Gasteiger partial charge in [-0.25, -0.2) is 4.37 Å². The van der Waals surface area contributed by atoms with E-state index in [0.29, 0.717) is 11.3 Å². The molecule has 78 valence electrons. The van der Waals surface area contributed by atoms with E-state index < -0.39 is 0 Å². The molecule has 1 aliphatic carbocycles. The van der Waals surface area contributed by atoms with Gasteiger partial charge in [-0.1, -0.05) is 13.3 Å². The van der Waals surface area contributed by atoms with Crippen LogP contribution in [-0.2, 0) is 0 Å². The molecule has 3 unspecified atom stereocenters. The molecule has 1 fully saturated rings. The summed E-state index contributed by atoms with van der Waals surface area (Å²) in [5.74, 6) is 1.48. The third kappa shape index (κ3) is 2.12. The highest BCUT2D eigenvalue weighted by Gasteiger charge is 2.29. The number of halogens is 1. The Labute approximate surface area is 94.6 Å². The van der Waals surface area contributed by atoms with Crippen LogP contribution in [0.15, 0.2) is 11.6 Å². The van der Waals surface area contributed by atoms with Gasteiger partial charge in [-0.05, 0) is 48.2 Å². The maximum Gasteiger partial charge on any atom is 0.0441 e. The summed E-state index contributed by atoms with van der Waals surface area (Å²) in [6.45, 7) is 2.28. The fourth-order valence-electron chi connectivity index (χ4n) is 2.47. The fourth-order valence-corrected chi connectivity index (χ4v) is 3.39. The molecule has 0 aliphatic heterocycles. The van der Waals surface area contributed by atoms with Gasteiger partial charge in [0.2, 0.25) is 0 Å². The van der Waals surface area contributed by atoms with E-state index in [1.54, 1.807) is 11.5 Å². The van der Waals surface area contributed by atoms with E-state index in [1.165, 1.54) is 24.8 Å². The third-order valence-electron chi connectivity index (χ3n) is 3.33. The van der Waals surface area contributed by atoms with Crippen molar-refractivity contribution in [1.29, 1.82) is 0 Å². The largest absolute Gasteiger partial charge is 0.201 e. The maximum absolute atomic E-state index is 6.23. The first-order valence-electron chi connectivity index (χ1n) is 5.34. The second-order valence-electron chi connectivity index (χ2n) is 4.14. The Morgan fingerprint density at radius 1 is 1.57 bits per heavy atom. The van der Waals surface area contributed by atoms with Gasteiger partial charge in [0.15, 0.2) is 0 Å². The average Bonchev–Trinajstić information content (AvgIpc) is 2.70. The molecule has 2 rings (SSSR count). The fraction of sp³-hybridized carbons (Fsp3) is 0.727. The third-order valence-corrected chi connectivity index (χ3v) is 4.33. The monoisotopic (exact) mass is 229 g/mol. The van der Waals surface area contributed by atoms with Gasteiger partial charge < -0.3 is 0 Å². The van der Waals surface area contributed by atoms with Crippen LogP contribution in [0.1, 0.15) is 44.1 Å². The van der Waals surface area contributed by atoms with Crippen molar-refractivity contribution < 1.29 is 0 Å². The first-order chi connectivity index (χ1) is 6.81. The summed E-state index contributed by atoms with van der Waals surface area (Å²) in [6, 6.07) is 0. The molecule has 0 spiro atoms. The number of alkyl halides is 1. The Morgan fingerprint density at radius 3 is 3.07 bits per heavy atom. The van der Waals surface area contributed by atoms with Gasteiger partial charge in [-0.3, -0.25) is 0 Å². The summed E-state index contributed by atoms with van der Waals surface area (Å²) in [4.78, 5) is 0. The van der Waals surface area contributed by atoms with E-state index in [-0.39, 0.29) is 0 Å². The lowest BCUT2D eigenvalue weighted by molar-refractivity contribution is 0.303. The van der Waals surface area contributed by atoms with Crippen molar-refractivity contribution in [3.8, 4) is 0 Å². The average molecular weight is 230 g/mol. The van der Waals surface area contributed by atoms with Gasteiger partial charge in [-0.2, -0.15) is 0 Å². The summed E-state index contributed by atoms with van der Waals surface area (Å²) in [5.41, 5.74) is 1.41. The Kier molecular flexibility index (Phi) is 3.45. The van der Waals surface area contributed by atoms with E-state index in [2.05, 4.69) is 16.7 Å². The van der Waals surface area contributed by atoms with Gasteiger partial charge >= 0.3 is 0 Å². The van der Waals surface area contributed by atoms with Gasteiger partial charge in [0.05, 0.1) is 0 Å². The van der Waals surface area contributed by atoms with E-state index in [0.717, 1.165) is 12.3 Å². The summed E-state index contributed by atoms with van der Waals surface area (Å²) in [6.07, 6.45) is 6.90. The molecule has 0 N–H and O–H groups in total. The molecule has 1 aromatic heterocycles. The smallest absolute Gasteiger partial charge is 0.0441 e. The van der Waals surface area contributed by atoms with Crippen molar-refractivity contribution in [3.63, 3.8) is 0 Å². The van der Waals surface area contributed by atoms with Crippen LogP contribution in [0.4, 0.5) is 0 Å². The molecule has 3 atom stereocenters. The number of nitrogens with zero attached hydrogens (tertiary/aromatic N) is 1. The number of hydrogen-bond donors (Lipinski definition) is 0. The van der Waals surface area contributed by atoms with E-state index in [9.17, 15) is 0 Å². The summed E-state index contributed by atoms with van der Waals surface area (Å²) >= 11 is 7.79. The molecule has 1 aromatic rings. The minimum atomic E-state index is 0.378. The molecule has 0 radical (unpaired) electrons. The predicted molar refractivity (Wildman–Crippen MR) is 62.1 cm³/mol. The van der Waals surface area contributed by atoms with Gasteiger partial charge in [0, 0.05) is 17.0 Å². The number of hydrogen-bond acceptors (Lipinski definition) is 2. The minimum absolute atomic E-state index is 0.378. The first-order valence-corrected chi connectivity index (χ1v) is 6.62. The Bertz CT molecular complexity index is 273. The summed E-state index contributed by atoms with van der Waals surface area (Å²) in [5, 5.41) is 2.56. The SMILES string of the molecule is CCC1CCC(Cl)CC1c1cnsc1. The Morgan fingerprint density at radius 2 is 2.43 bits per heavy atom. The summed E-state index contributed by atoms with van der Waals surface area (Å²) in [7, 11) is 0. The Balaban J connectivity index is 2.13. The van der Waals surface area contributed by atoms with Gasteiger partial charge in [-0.15, -0.1) is 11.6 Å². The van der Waals surface area contributed by atoms with Crippen molar-refractivity contribution >= 4 is 23.1 Å². The van der Waals surface area contributed by atoms with Crippen LogP contribution in [0, 0.1) is 5.92 Å². The van der Waals surface area contributed by atoms with Crippen LogP contribution in [-0.4, -0.2) is 9.75 Å². The standard InChI is InChI=1S/C11H16ClNS/c1-2-8-3-4-10(12)5-11(8)9-6-13-14-7-9/h6-8,10-11H,2-5H2,1H3. The molecule has 14 heavy (non-hydrogen) atoms. The lowest BCUT2D eigenvalue weighted by Gasteiger charge is -2.32. The highest BCUT2D eigenvalue weighted by molar-refractivity contribution is 7.03. The number of rotatable bonds is 2. The molecule has 0 saturated heterocycles. The lowest BCUT2D eigenvalue weighted by Crippen LogP contribution is -2.22. The van der Waals surface area contributed by atoms with Crippen LogP contribution in [0.25, 0.3) is 0 Å². The second-order valence-corrected chi connectivity index (χ2v) is 5.42. The molecule has 0 bridgehead atoms. The quantitative estimate of drug-likeness (QED) is 0.698. The van der Waals surface area contributed by atoms with E-state index >= 15 is 0 Å². The summed E-state index contributed by atoms with van der Waals surface area (Å²) < 4.78 is 4.19. The van der Waals surface area contributed by atoms with Crippen molar-refractivity contribution in [2.45, 2.75) is 43.9 Å². The van der Waals surface area contributed by atoms with Crippen LogP contribution in [0.5, 0.6) is 0 Å². The molecule has 0 aromatic carbocycles. The van der Waals surface area contributed by atoms with Gasteiger partial charge in [0.1, 0.15) is 0 Å². The van der Waals surface area contributed by atoms with Gasteiger partial charge in [0.25, 0.3) is 0 Å². The molecule has 1 nitrogen and oxygen atoms in total. The van der Waals surface area contributed by atoms with Crippen LogP contribution >= 0.6 is 23.1 Å². The van der Waals surface area contributed by atoms with Crippen molar-refractivity contribution in [2.24, 2.45) is 5.92 Å². The predicted octanol–water partition coefficient (Wildman–Crippen LogP) is 4.04. The second kappa shape index (κ2) is 4.63. The molecule has 1 aliphatic rings. The molecular formula is C11H16ClNS. The minimum Gasteiger partial charge on any atom is -0.201 e. The lowest BCUT2D eigenvalue weighted by atomic mass is 9.75. The molecule has 1 saturated carbocycles. The molecule has 3 heteroatoms. The van der Waals surface area contributed by atoms with Crippen LogP contribution in [0.3, 0.4) is 0 Å². The zero-order valence-electron chi connectivity index (χ0n) is 8.45. The molecule has 1 heterocycles. The van der Waals surface area contributed by atoms with Crippen molar-refractivity contribution in [3.05, 3.63) is 17.1 Å². The number of aromatic nitrogens is 1. The highest BCUT2D eigenvalue weighted by atomic mass is 35.5. The van der Waals surface area contributed by atoms with E-state index in [1.807, 2.05) is 6.20 Å². The molecular weight excluding hydrogens is 214 g/mol. The topological polar surface area (TPSA) is 12.9 Å². The normalized spacial score (nSPS) is 33.1. The zero-order valence-corrected chi connectivity index (χ0v) is 10.0. The highest BCUT2D eigenvalue weighted by Crippen LogP contribution is 2.41. The first kappa shape index (κ1) is 10.4. The maximum atomic E-state index is 6.23. The van der Waals surface area contributed by atoms with Crippen molar-refractivity contribution in [2.75, 3.05) is 0 Å². The Hall–Kier alpha value is -0.0800. The van der Waals surface area contributed by atoms with Crippen LogP contribution < -0.4 is 0 Å². The van der Waals surface area contributed by atoms with E-state index in [4.69, 9.17) is 11.6 Å². The molecule has 0 amide bonds. The van der Waals surface area contributed by atoms with Crippen molar-refractivity contribution in [1.82, 2.24) is 4.37 Å².